The fourth-order valence-electron chi connectivity index (χ4n) is 7.39. The average molecular weight is 678 g/mol. The molecule has 4 nitrogen and oxygen atoms in total. The van der Waals surface area contributed by atoms with Crippen LogP contribution in [-0.2, 0) is 0 Å². The third-order valence-corrected chi connectivity index (χ3v) is 9.96. The molecule has 0 spiro atoms. The molecule has 10 rings (SSSR count). The molecule has 0 unspecified atom stereocenters. The zero-order valence-electron chi connectivity index (χ0n) is 28.6. The van der Waals surface area contributed by atoms with Gasteiger partial charge in [-0.25, -0.2) is 15.0 Å². The van der Waals surface area contributed by atoms with E-state index in [-0.39, 0.29) is 0 Å². The van der Waals surface area contributed by atoms with Crippen LogP contribution in [0.3, 0.4) is 0 Å². The normalized spacial score (nSPS) is 11.4. The van der Waals surface area contributed by atoms with Crippen LogP contribution in [-0.4, -0.2) is 15.0 Å². The number of fused-ring (bicyclic) bond motifs is 4. The summed E-state index contributed by atoms with van der Waals surface area (Å²) in [6.45, 7) is 0. The van der Waals surface area contributed by atoms with E-state index in [1.807, 2.05) is 30.3 Å². The SMILES string of the molecule is c1ccc(-c2ccc3cccc(-c4nc(-c5ccc6c(c5)oc5cccc(-c7ccccc7)c56)nc(-c5ccccc5-c5ccccc5)n4)c3c2)cc1. The predicted octanol–water partition coefficient (Wildman–Crippen LogP) is 12.9. The highest BCUT2D eigenvalue weighted by atomic mass is 16.3. The molecule has 0 amide bonds. The Morgan fingerprint density at radius 1 is 0.302 bits per heavy atom. The van der Waals surface area contributed by atoms with Crippen molar-refractivity contribution >= 4 is 32.7 Å². The van der Waals surface area contributed by atoms with Crippen molar-refractivity contribution in [1.29, 1.82) is 0 Å². The number of hydrogen-bond donors (Lipinski definition) is 0. The first-order valence-electron chi connectivity index (χ1n) is 17.8. The Morgan fingerprint density at radius 3 is 1.62 bits per heavy atom. The van der Waals surface area contributed by atoms with Crippen molar-refractivity contribution in [1.82, 2.24) is 15.0 Å². The van der Waals surface area contributed by atoms with Gasteiger partial charge in [0.05, 0.1) is 0 Å². The number of nitrogens with zero attached hydrogens (tertiary/aromatic N) is 3. The highest BCUT2D eigenvalue weighted by molar-refractivity contribution is 6.13. The second-order valence-electron chi connectivity index (χ2n) is 13.2. The fraction of sp³-hybridized carbons (Fsp3) is 0. The third kappa shape index (κ3) is 5.54. The minimum atomic E-state index is 0.578. The summed E-state index contributed by atoms with van der Waals surface area (Å²) < 4.78 is 6.53. The smallest absolute Gasteiger partial charge is 0.164 e. The Labute approximate surface area is 306 Å². The van der Waals surface area contributed by atoms with Gasteiger partial charge in [0.1, 0.15) is 11.2 Å². The van der Waals surface area contributed by atoms with Crippen molar-refractivity contribution in [2.75, 3.05) is 0 Å². The van der Waals surface area contributed by atoms with Crippen LogP contribution in [0, 0.1) is 0 Å². The van der Waals surface area contributed by atoms with Crippen molar-refractivity contribution in [2.45, 2.75) is 0 Å². The molecular weight excluding hydrogens is 647 g/mol. The first-order valence-corrected chi connectivity index (χ1v) is 17.8. The van der Waals surface area contributed by atoms with E-state index >= 15 is 0 Å². The van der Waals surface area contributed by atoms with E-state index in [0.717, 1.165) is 82.8 Å². The maximum Gasteiger partial charge on any atom is 0.164 e. The van der Waals surface area contributed by atoms with Gasteiger partial charge in [-0.2, -0.15) is 0 Å². The van der Waals surface area contributed by atoms with Gasteiger partial charge in [0.2, 0.25) is 0 Å². The molecule has 2 aromatic heterocycles. The zero-order valence-corrected chi connectivity index (χ0v) is 28.6. The maximum atomic E-state index is 6.53. The minimum absolute atomic E-state index is 0.578. The molecule has 0 aliphatic carbocycles. The summed E-state index contributed by atoms with van der Waals surface area (Å²) in [4.78, 5) is 15.6. The summed E-state index contributed by atoms with van der Waals surface area (Å²) in [5.74, 6) is 1.80. The predicted molar refractivity (Wildman–Crippen MR) is 217 cm³/mol. The lowest BCUT2D eigenvalue weighted by Crippen LogP contribution is -2.01. The van der Waals surface area contributed by atoms with E-state index in [4.69, 9.17) is 19.4 Å². The second kappa shape index (κ2) is 12.9. The fourth-order valence-corrected chi connectivity index (χ4v) is 7.39. The molecule has 0 atom stereocenters. The molecule has 10 aromatic rings. The summed E-state index contributed by atoms with van der Waals surface area (Å²) >= 11 is 0. The lowest BCUT2D eigenvalue weighted by atomic mass is 9.97. The Balaban J connectivity index is 1.19. The molecule has 0 N–H and O–H groups in total. The molecule has 4 heteroatoms. The Bertz CT molecular complexity index is 2940. The van der Waals surface area contributed by atoms with Gasteiger partial charge in [0.15, 0.2) is 17.5 Å². The second-order valence-corrected chi connectivity index (χ2v) is 13.2. The molecule has 0 saturated heterocycles. The molecule has 0 bridgehead atoms. The number of rotatable bonds is 6. The van der Waals surface area contributed by atoms with Crippen molar-refractivity contribution in [3.8, 4) is 67.5 Å². The van der Waals surface area contributed by atoms with Gasteiger partial charge in [-0.05, 0) is 68.4 Å². The van der Waals surface area contributed by atoms with Crippen molar-refractivity contribution < 1.29 is 4.42 Å². The molecule has 2 heterocycles. The van der Waals surface area contributed by atoms with E-state index in [9.17, 15) is 0 Å². The van der Waals surface area contributed by atoms with Gasteiger partial charge in [-0.3, -0.25) is 0 Å². The van der Waals surface area contributed by atoms with Crippen molar-refractivity contribution in [3.63, 3.8) is 0 Å². The molecule has 0 aliphatic heterocycles. The van der Waals surface area contributed by atoms with Gasteiger partial charge in [0.25, 0.3) is 0 Å². The lowest BCUT2D eigenvalue weighted by molar-refractivity contribution is 0.669. The third-order valence-electron chi connectivity index (χ3n) is 9.96. The van der Waals surface area contributed by atoms with Gasteiger partial charge < -0.3 is 4.42 Å². The lowest BCUT2D eigenvalue weighted by Gasteiger charge is -2.13. The van der Waals surface area contributed by atoms with Crippen LogP contribution in [0.4, 0.5) is 0 Å². The number of benzene rings is 8. The van der Waals surface area contributed by atoms with Crippen molar-refractivity contribution in [2.24, 2.45) is 0 Å². The largest absolute Gasteiger partial charge is 0.456 e. The van der Waals surface area contributed by atoms with E-state index in [1.165, 1.54) is 0 Å². The van der Waals surface area contributed by atoms with E-state index in [2.05, 4.69) is 158 Å². The van der Waals surface area contributed by atoms with Crippen LogP contribution in [0.25, 0.3) is 100 Å². The zero-order chi connectivity index (χ0) is 35.1. The van der Waals surface area contributed by atoms with Crippen molar-refractivity contribution in [3.05, 3.63) is 188 Å². The molecule has 248 valence electrons. The molecule has 8 aromatic carbocycles. The number of aromatic nitrogens is 3. The molecule has 0 radical (unpaired) electrons. The average Bonchev–Trinajstić information content (AvgIpc) is 3.62. The van der Waals surface area contributed by atoms with E-state index < -0.39 is 0 Å². The van der Waals surface area contributed by atoms with Crippen LogP contribution in [0.1, 0.15) is 0 Å². The summed E-state index contributed by atoms with van der Waals surface area (Å²) in [6, 6.07) is 65.1. The van der Waals surface area contributed by atoms with E-state index in [0.29, 0.717) is 17.5 Å². The Morgan fingerprint density at radius 2 is 0.868 bits per heavy atom. The van der Waals surface area contributed by atoms with Gasteiger partial charge in [-0.15, -0.1) is 0 Å². The summed E-state index contributed by atoms with van der Waals surface area (Å²) in [7, 11) is 0. The number of furan rings is 1. The van der Waals surface area contributed by atoms with Gasteiger partial charge in [0, 0.05) is 27.5 Å². The van der Waals surface area contributed by atoms with Gasteiger partial charge in [-0.1, -0.05) is 164 Å². The Hall–Kier alpha value is -7.17. The van der Waals surface area contributed by atoms with Crippen LogP contribution in [0.5, 0.6) is 0 Å². The van der Waals surface area contributed by atoms with Crippen LogP contribution < -0.4 is 0 Å². The number of hydrogen-bond acceptors (Lipinski definition) is 4. The highest BCUT2D eigenvalue weighted by Crippen LogP contribution is 2.39. The minimum Gasteiger partial charge on any atom is -0.456 e. The topological polar surface area (TPSA) is 51.8 Å². The molecule has 0 aliphatic rings. The van der Waals surface area contributed by atoms with Crippen LogP contribution in [0.2, 0.25) is 0 Å². The molecule has 53 heavy (non-hydrogen) atoms. The quantitative estimate of drug-likeness (QED) is 0.176. The standard InChI is InChI=1S/C49H31N3O/c1-4-14-32(15-5-1)36-27-26-35-20-12-24-41(43(35)30-36)49-51-47(50-48(52-49)40-22-11-10-21-38(40)33-16-6-2-7-17-33)37-28-29-42-45(31-37)53-44-25-13-23-39(46(42)44)34-18-8-3-9-19-34/h1-31H. The molecule has 0 saturated carbocycles. The summed E-state index contributed by atoms with van der Waals surface area (Å²) in [5.41, 5.74) is 11.1. The Kier molecular flexibility index (Phi) is 7.43. The van der Waals surface area contributed by atoms with Gasteiger partial charge >= 0.3 is 0 Å². The monoisotopic (exact) mass is 677 g/mol. The van der Waals surface area contributed by atoms with Crippen LogP contribution >= 0.6 is 0 Å². The highest BCUT2D eigenvalue weighted by Gasteiger charge is 2.19. The van der Waals surface area contributed by atoms with E-state index in [1.54, 1.807) is 0 Å². The summed E-state index contributed by atoms with van der Waals surface area (Å²) in [5, 5.41) is 4.34. The molecule has 0 fully saturated rings. The first-order chi connectivity index (χ1) is 26.3. The van der Waals surface area contributed by atoms with Crippen LogP contribution in [0.15, 0.2) is 192 Å². The first kappa shape index (κ1) is 30.6. The molecular formula is C49H31N3O. The summed E-state index contributed by atoms with van der Waals surface area (Å²) in [6.07, 6.45) is 0. The maximum absolute atomic E-state index is 6.53.